The molecule has 3 nitrogen and oxygen atoms in total. The molecule has 2 rings (SSSR count). The third-order valence-electron chi connectivity index (χ3n) is 6.56. The SMILES string of the molecule is CCCCCCCCCc1ccc(S(=O)(=O)O)c2c(CCCCCCCCC)cccc12. The van der Waals surface area contributed by atoms with Crippen LogP contribution in [0.4, 0.5) is 0 Å². The summed E-state index contributed by atoms with van der Waals surface area (Å²) in [5.74, 6) is 0. The molecule has 0 radical (unpaired) electrons. The van der Waals surface area contributed by atoms with Gasteiger partial charge in [0, 0.05) is 5.39 Å². The van der Waals surface area contributed by atoms with E-state index < -0.39 is 10.1 Å². The van der Waals surface area contributed by atoms with Gasteiger partial charge in [-0.1, -0.05) is 115 Å². The topological polar surface area (TPSA) is 54.4 Å². The van der Waals surface area contributed by atoms with Gasteiger partial charge in [-0.2, -0.15) is 8.42 Å². The molecule has 0 aliphatic heterocycles. The molecule has 2 aromatic rings. The number of unbranched alkanes of at least 4 members (excludes halogenated alkanes) is 12. The third kappa shape index (κ3) is 8.86. The molecule has 180 valence electrons. The van der Waals surface area contributed by atoms with E-state index in [0.29, 0.717) is 0 Å². The lowest BCUT2D eigenvalue weighted by molar-refractivity contribution is 0.484. The summed E-state index contributed by atoms with van der Waals surface area (Å²) in [6.07, 6.45) is 19.2. The highest BCUT2D eigenvalue weighted by Gasteiger charge is 2.18. The zero-order chi connectivity index (χ0) is 23.2. The average Bonchev–Trinajstić information content (AvgIpc) is 2.77. The Morgan fingerprint density at radius 2 is 1.12 bits per heavy atom. The Labute approximate surface area is 196 Å². The van der Waals surface area contributed by atoms with E-state index in [4.69, 9.17) is 0 Å². The first-order valence-electron chi connectivity index (χ1n) is 13.0. The number of hydrogen-bond donors (Lipinski definition) is 1. The van der Waals surface area contributed by atoms with Crippen LogP contribution in [0.2, 0.25) is 0 Å². The molecule has 1 N–H and O–H groups in total. The lowest BCUT2D eigenvalue weighted by Crippen LogP contribution is -2.03. The standard InChI is InChI=1S/C28H44O3S/c1-3-5-7-9-11-13-15-18-24-22-23-27(32(29,30)31)28-25(20-17-21-26(24)28)19-16-14-12-10-8-6-4-2/h17,20-23H,3-16,18-19H2,1-2H3,(H,29,30,31). The Bertz CT molecular complexity index is 902. The van der Waals surface area contributed by atoms with Crippen molar-refractivity contribution in [2.24, 2.45) is 0 Å². The van der Waals surface area contributed by atoms with Crippen molar-refractivity contribution in [2.45, 2.75) is 121 Å². The molecule has 0 bridgehead atoms. The summed E-state index contributed by atoms with van der Waals surface area (Å²) < 4.78 is 34.1. The molecule has 32 heavy (non-hydrogen) atoms. The monoisotopic (exact) mass is 460 g/mol. The first-order valence-corrected chi connectivity index (χ1v) is 14.4. The van der Waals surface area contributed by atoms with Crippen LogP contribution in [0.15, 0.2) is 35.2 Å². The van der Waals surface area contributed by atoms with Gasteiger partial charge in [0.05, 0.1) is 0 Å². The summed E-state index contributed by atoms with van der Waals surface area (Å²) in [5.41, 5.74) is 2.24. The first kappa shape index (κ1) is 26.9. The molecule has 0 aliphatic carbocycles. The predicted molar refractivity (Wildman–Crippen MR) is 137 cm³/mol. The zero-order valence-corrected chi connectivity index (χ0v) is 21.2. The van der Waals surface area contributed by atoms with Gasteiger partial charge in [0.15, 0.2) is 0 Å². The van der Waals surface area contributed by atoms with Crippen molar-refractivity contribution in [2.75, 3.05) is 0 Å². The van der Waals surface area contributed by atoms with Crippen molar-refractivity contribution < 1.29 is 13.0 Å². The second-order valence-corrected chi connectivity index (χ2v) is 10.7. The minimum atomic E-state index is -4.25. The quantitative estimate of drug-likeness (QED) is 0.190. The molecule has 0 saturated carbocycles. The second kappa shape index (κ2) is 14.7. The van der Waals surface area contributed by atoms with E-state index in [-0.39, 0.29) is 4.90 Å². The van der Waals surface area contributed by atoms with E-state index in [0.717, 1.165) is 42.0 Å². The normalized spacial score (nSPS) is 12.0. The van der Waals surface area contributed by atoms with Crippen LogP contribution in [0.3, 0.4) is 0 Å². The van der Waals surface area contributed by atoms with Crippen molar-refractivity contribution in [1.82, 2.24) is 0 Å². The highest BCUT2D eigenvalue weighted by Crippen LogP contribution is 2.31. The summed E-state index contributed by atoms with van der Waals surface area (Å²) in [5, 5.41) is 1.73. The second-order valence-electron chi connectivity index (χ2n) is 9.28. The molecular weight excluding hydrogens is 416 g/mol. The van der Waals surface area contributed by atoms with E-state index in [9.17, 15) is 13.0 Å². The molecule has 0 atom stereocenters. The molecule has 0 aromatic heterocycles. The number of rotatable bonds is 17. The molecule has 0 spiro atoms. The summed E-state index contributed by atoms with van der Waals surface area (Å²) in [6, 6.07) is 9.61. The minimum absolute atomic E-state index is 0.0642. The smallest absolute Gasteiger partial charge is 0.282 e. The maximum absolute atomic E-state index is 12.1. The number of aryl methyl sites for hydroxylation is 2. The predicted octanol–water partition coefficient (Wildman–Crippen LogP) is 8.67. The van der Waals surface area contributed by atoms with E-state index in [1.54, 1.807) is 6.07 Å². The van der Waals surface area contributed by atoms with Crippen LogP contribution < -0.4 is 0 Å². The highest BCUT2D eigenvalue weighted by molar-refractivity contribution is 7.86. The fourth-order valence-corrected chi connectivity index (χ4v) is 5.43. The van der Waals surface area contributed by atoms with Crippen molar-refractivity contribution in [3.05, 3.63) is 41.5 Å². The molecular formula is C28H44O3S. The van der Waals surface area contributed by atoms with Crippen LogP contribution in [0.25, 0.3) is 10.8 Å². The summed E-state index contributed by atoms with van der Waals surface area (Å²) in [6.45, 7) is 4.47. The number of benzene rings is 2. The van der Waals surface area contributed by atoms with Gasteiger partial charge in [-0.15, -0.1) is 0 Å². The van der Waals surface area contributed by atoms with Crippen molar-refractivity contribution in [3.63, 3.8) is 0 Å². The van der Waals surface area contributed by atoms with Gasteiger partial charge in [-0.05, 0) is 48.3 Å². The van der Waals surface area contributed by atoms with Crippen LogP contribution in [-0.2, 0) is 23.0 Å². The number of hydrogen-bond acceptors (Lipinski definition) is 2. The summed E-state index contributed by atoms with van der Waals surface area (Å²) >= 11 is 0. The van der Waals surface area contributed by atoms with Gasteiger partial charge in [-0.3, -0.25) is 4.55 Å². The van der Waals surface area contributed by atoms with Gasteiger partial charge in [-0.25, -0.2) is 0 Å². The first-order chi connectivity index (χ1) is 15.5. The largest absolute Gasteiger partial charge is 0.295 e. The van der Waals surface area contributed by atoms with Gasteiger partial charge in [0.2, 0.25) is 0 Å². The van der Waals surface area contributed by atoms with Crippen LogP contribution >= 0.6 is 0 Å². The third-order valence-corrected chi connectivity index (χ3v) is 7.45. The Morgan fingerprint density at radius 1 is 0.625 bits per heavy atom. The highest BCUT2D eigenvalue weighted by atomic mass is 32.2. The van der Waals surface area contributed by atoms with Crippen LogP contribution in [0.1, 0.15) is 115 Å². The molecule has 0 unspecified atom stereocenters. The molecule has 2 aromatic carbocycles. The van der Waals surface area contributed by atoms with E-state index >= 15 is 0 Å². The molecule has 4 heteroatoms. The van der Waals surface area contributed by atoms with Crippen LogP contribution in [0.5, 0.6) is 0 Å². The lowest BCUT2D eigenvalue weighted by atomic mass is 9.94. The fraction of sp³-hybridized carbons (Fsp3) is 0.643. The van der Waals surface area contributed by atoms with E-state index in [2.05, 4.69) is 13.8 Å². The van der Waals surface area contributed by atoms with Gasteiger partial charge in [0.1, 0.15) is 4.90 Å². The van der Waals surface area contributed by atoms with Crippen LogP contribution in [0, 0.1) is 0 Å². The van der Waals surface area contributed by atoms with Gasteiger partial charge < -0.3 is 0 Å². The fourth-order valence-electron chi connectivity index (χ4n) is 4.69. The molecule has 0 amide bonds. The van der Waals surface area contributed by atoms with Crippen molar-refractivity contribution in [1.29, 1.82) is 0 Å². The van der Waals surface area contributed by atoms with E-state index in [1.165, 1.54) is 82.6 Å². The zero-order valence-electron chi connectivity index (χ0n) is 20.4. The molecule has 0 fully saturated rings. The van der Waals surface area contributed by atoms with Gasteiger partial charge >= 0.3 is 0 Å². The Morgan fingerprint density at radius 3 is 1.66 bits per heavy atom. The van der Waals surface area contributed by atoms with Crippen LogP contribution in [-0.4, -0.2) is 13.0 Å². The van der Waals surface area contributed by atoms with E-state index in [1.807, 2.05) is 24.3 Å². The Balaban J connectivity index is 2.09. The molecule has 0 saturated heterocycles. The average molecular weight is 461 g/mol. The maximum Gasteiger partial charge on any atom is 0.295 e. The maximum atomic E-state index is 12.1. The molecule has 0 aliphatic rings. The molecule has 0 heterocycles. The summed E-state index contributed by atoms with van der Waals surface area (Å²) in [7, 11) is -4.25. The minimum Gasteiger partial charge on any atom is -0.282 e. The lowest BCUT2D eigenvalue weighted by Gasteiger charge is -2.14. The Hall–Kier alpha value is -1.39. The van der Waals surface area contributed by atoms with Crippen molar-refractivity contribution >= 4 is 20.9 Å². The number of fused-ring (bicyclic) bond motifs is 1. The van der Waals surface area contributed by atoms with Crippen molar-refractivity contribution in [3.8, 4) is 0 Å². The summed E-state index contributed by atoms with van der Waals surface area (Å²) in [4.78, 5) is 0.0642. The van der Waals surface area contributed by atoms with Gasteiger partial charge in [0.25, 0.3) is 10.1 Å². The Kier molecular flexibility index (Phi) is 12.3.